The van der Waals surface area contributed by atoms with E-state index in [4.69, 9.17) is 5.73 Å². The van der Waals surface area contributed by atoms with Crippen LogP contribution in [0.15, 0.2) is 54.9 Å². The summed E-state index contributed by atoms with van der Waals surface area (Å²) in [6.45, 7) is 4.78. The van der Waals surface area contributed by atoms with E-state index in [0.29, 0.717) is 5.56 Å². The van der Waals surface area contributed by atoms with E-state index in [9.17, 15) is 4.79 Å². The highest BCUT2D eigenvalue weighted by molar-refractivity contribution is 6.02. The first kappa shape index (κ1) is 16.0. The van der Waals surface area contributed by atoms with E-state index >= 15 is 0 Å². The molecule has 3 rings (SSSR count). The summed E-state index contributed by atoms with van der Waals surface area (Å²) in [6.07, 6.45) is 4.32. The van der Waals surface area contributed by atoms with Crippen LogP contribution in [-0.4, -0.2) is 15.5 Å². The fourth-order valence-electron chi connectivity index (χ4n) is 3.27. The lowest BCUT2D eigenvalue weighted by molar-refractivity contribution is 0.1000. The van der Waals surface area contributed by atoms with E-state index in [-0.39, 0.29) is 0 Å². The van der Waals surface area contributed by atoms with Gasteiger partial charge >= 0.3 is 0 Å². The van der Waals surface area contributed by atoms with E-state index in [1.807, 2.05) is 37.3 Å². The Morgan fingerprint density at radius 2 is 1.92 bits per heavy atom. The summed E-state index contributed by atoms with van der Waals surface area (Å²) in [6, 6.07) is 14.1. The van der Waals surface area contributed by atoms with E-state index in [0.717, 1.165) is 35.5 Å². The SMILES string of the molecule is CCc1c(-c2cccnc2)c(C(N)=O)c(C)n1Cc1ccccc1. The molecular weight excluding hydrogens is 298 g/mol. The topological polar surface area (TPSA) is 60.9 Å². The average molecular weight is 319 g/mol. The van der Waals surface area contributed by atoms with Gasteiger partial charge in [0.1, 0.15) is 0 Å². The van der Waals surface area contributed by atoms with Crippen molar-refractivity contribution in [1.29, 1.82) is 0 Å². The third-order valence-corrected chi connectivity index (χ3v) is 4.35. The van der Waals surface area contributed by atoms with Gasteiger partial charge in [-0.15, -0.1) is 0 Å². The molecule has 0 fully saturated rings. The van der Waals surface area contributed by atoms with Crippen LogP contribution in [-0.2, 0) is 13.0 Å². The highest BCUT2D eigenvalue weighted by atomic mass is 16.1. The molecule has 0 atom stereocenters. The summed E-state index contributed by atoms with van der Waals surface area (Å²) in [5, 5.41) is 0. The van der Waals surface area contributed by atoms with Crippen LogP contribution in [0.5, 0.6) is 0 Å². The minimum Gasteiger partial charge on any atom is -0.366 e. The Hall–Kier alpha value is -2.88. The Bertz CT molecular complexity index is 852. The summed E-state index contributed by atoms with van der Waals surface area (Å²) in [5.74, 6) is -0.395. The molecule has 122 valence electrons. The number of hydrogen-bond acceptors (Lipinski definition) is 2. The number of hydrogen-bond donors (Lipinski definition) is 1. The Kier molecular flexibility index (Phi) is 4.47. The lowest BCUT2D eigenvalue weighted by Crippen LogP contribution is -2.13. The molecule has 0 aliphatic heterocycles. The third kappa shape index (κ3) is 2.83. The number of benzene rings is 1. The Balaban J connectivity index is 2.22. The van der Waals surface area contributed by atoms with Crippen LogP contribution >= 0.6 is 0 Å². The third-order valence-electron chi connectivity index (χ3n) is 4.35. The first-order valence-electron chi connectivity index (χ1n) is 8.09. The monoisotopic (exact) mass is 319 g/mol. The number of carbonyl (C=O) groups excluding carboxylic acids is 1. The van der Waals surface area contributed by atoms with Crippen LogP contribution < -0.4 is 5.73 Å². The Morgan fingerprint density at radius 3 is 2.50 bits per heavy atom. The minimum absolute atomic E-state index is 0.395. The smallest absolute Gasteiger partial charge is 0.251 e. The maximum absolute atomic E-state index is 12.1. The van der Waals surface area contributed by atoms with Crippen molar-refractivity contribution in [1.82, 2.24) is 9.55 Å². The van der Waals surface area contributed by atoms with Crippen LogP contribution in [0.25, 0.3) is 11.1 Å². The van der Waals surface area contributed by atoms with Crippen molar-refractivity contribution in [2.24, 2.45) is 5.73 Å². The molecule has 2 heterocycles. The number of nitrogens with two attached hydrogens (primary N) is 1. The van der Waals surface area contributed by atoms with Crippen molar-refractivity contribution in [2.75, 3.05) is 0 Å². The molecular formula is C20H21N3O. The van der Waals surface area contributed by atoms with Crippen molar-refractivity contribution in [2.45, 2.75) is 26.8 Å². The second kappa shape index (κ2) is 6.71. The minimum atomic E-state index is -0.395. The van der Waals surface area contributed by atoms with Gasteiger partial charge in [-0.2, -0.15) is 0 Å². The van der Waals surface area contributed by atoms with Crippen LogP contribution in [0.2, 0.25) is 0 Å². The summed E-state index contributed by atoms with van der Waals surface area (Å²) >= 11 is 0. The van der Waals surface area contributed by atoms with E-state index in [2.05, 4.69) is 28.6 Å². The summed E-state index contributed by atoms with van der Waals surface area (Å²) in [4.78, 5) is 16.3. The summed E-state index contributed by atoms with van der Waals surface area (Å²) < 4.78 is 2.19. The summed E-state index contributed by atoms with van der Waals surface area (Å²) in [7, 11) is 0. The number of nitrogens with zero attached hydrogens (tertiary/aromatic N) is 2. The molecule has 0 spiro atoms. The zero-order chi connectivity index (χ0) is 17.1. The highest BCUT2D eigenvalue weighted by Crippen LogP contribution is 2.33. The molecule has 0 unspecified atom stereocenters. The predicted octanol–water partition coefficient (Wildman–Crippen LogP) is 3.57. The Morgan fingerprint density at radius 1 is 1.17 bits per heavy atom. The van der Waals surface area contributed by atoms with E-state index in [1.54, 1.807) is 12.4 Å². The molecule has 0 aliphatic rings. The van der Waals surface area contributed by atoms with Gasteiger partial charge in [0.05, 0.1) is 5.56 Å². The number of aromatic nitrogens is 2. The van der Waals surface area contributed by atoms with Gasteiger partial charge in [0.15, 0.2) is 0 Å². The normalized spacial score (nSPS) is 10.8. The molecule has 3 aromatic rings. The highest BCUT2D eigenvalue weighted by Gasteiger charge is 2.23. The van der Waals surface area contributed by atoms with E-state index < -0.39 is 5.91 Å². The van der Waals surface area contributed by atoms with Crippen LogP contribution in [0.1, 0.15) is 34.2 Å². The molecule has 2 aromatic heterocycles. The number of amides is 1. The number of pyridine rings is 1. The van der Waals surface area contributed by atoms with Crippen LogP contribution in [0.3, 0.4) is 0 Å². The number of carbonyl (C=O) groups is 1. The standard InChI is InChI=1S/C20H21N3O/c1-3-17-19(16-10-7-11-22-12-16)18(20(21)24)14(2)23(17)13-15-8-5-4-6-9-15/h4-12H,3,13H2,1-2H3,(H2,21,24). The Labute approximate surface area is 142 Å². The zero-order valence-corrected chi connectivity index (χ0v) is 14.0. The van der Waals surface area contributed by atoms with Crippen molar-refractivity contribution < 1.29 is 4.79 Å². The van der Waals surface area contributed by atoms with Gasteiger partial charge in [0, 0.05) is 41.5 Å². The van der Waals surface area contributed by atoms with Gasteiger partial charge in [0.2, 0.25) is 0 Å². The van der Waals surface area contributed by atoms with Crippen LogP contribution in [0, 0.1) is 6.92 Å². The lowest BCUT2D eigenvalue weighted by Gasteiger charge is -2.12. The molecule has 0 saturated heterocycles. The largest absolute Gasteiger partial charge is 0.366 e. The molecule has 2 N–H and O–H groups in total. The lowest BCUT2D eigenvalue weighted by atomic mass is 10.0. The quantitative estimate of drug-likeness (QED) is 0.781. The number of primary amides is 1. The maximum atomic E-state index is 12.1. The fraction of sp³-hybridized carbons (Fsp3) is 0.200. The first-order chi connectivity index (χ1) is 11.6. The van der Waals surface area contributed by atoms with E-state index in [1.165, 1.54) is 5.56 Å². The molecule has 1 aromatic carbocycles. The van der Waals surface area contributed by atoms with Gasteiger partial charge in [-0.25, -0.2) is 0 Å². The second-order valence-corrected chi connectivity index (χ2v) is 5.81. The molecule has 1 amide bonds. The molecule has 0 saturated carbocycles. The van der Waals surface area contributed by atoms with Crippen molar-refractivity contribution >= 4 is 5.91 Å². The fourth-order valence-corrected chi connectivity index (χ4v) is 3.27. The first-order valence-corrected chi connectivity index (χ1v) is 8.09. The van der Waals surface area contributed by atoms with Gasteiger partial charge in [-0.05, 0) is 25.0 Å². The van der Waals surface area contributed by atoms with Crippen molar-refractivity contribution in [3.63, 3.8) is 0 Å². The van der Waals surface area contributed by atoms with Crippen molar-refractivity contribution in [3.8, 4) is 11.1 Å². The van der Waals surface area contributed by atoms with Gasteiger partial charge in [-0.3, -0.25) is 9.78 Å². The molecule has 0 radical (unpaired) electrons. The molecule has 4 nitrogen and oxygen atoms in total. The zero-order valence-electron chi connectivity index (χ0n) is 14.0. The second-order valence-electron chi connectivity index (χ2n) is 5.81. The van der Waals surface area contributed by atoms with Crippen LogP contribution in [0.4, 0.5) is 0 Å². The summed E-state index contributed by atoms with van der Waals surface area (Å²) in [5.41, 5.74) is 11.3. The van der Waals surface area contributed by atoms with Gasteiger partial charge < -0.3 is 10.3 Å². The maximum Gasteiger partial charge on any atom is 0.251 e. The average Bonchev–Trinajstić information content (AvgIpc) is 2.89. The van der Waals surface area contributed by atoms with Gasteiger partial charge in [0.25, 0.3) is 5.91 Å². The molecule has 4 heteroatoms. The molecule has 0 aliphatic carbocycles. The number of rotatable bonds is 5. The molecule has 0 bridgehead atoms. The van der Waals surface area contributed by atoms with Crippen molar-refractivity contribution in [3.05, 3.63) is 77.4 Å². The predicted molar refractivity (Wildman–Crippen MR) is 95.8 cm³/mol. The molecule has 24 heavy (non-hydrogen) atoms. The van der Waals surface area contributed by atoms with Gasteiger partial charge in [-0.1, -0.05) is 43.3 Å².